The minimum absolute atomic E-state index is 0.398. The van der Waals surface area contributed by atoms with Gasteiger partial charge in [0.15, 0.2) is 0 Å². The molecule has 3 rings (SSSR count). The molecule has 18 heavy (non-hydrogen) atoms. The highest BCUT2D eigenvalue weighted by atomic mass is 16.3. The van der Waals surface area contributed by atoms with E-state index in [1.54, 1.807) is 0 Å². The van der Waals surface area contributed by atoms with Gasteiger partial charge in [0.25, 0.3) is 0 Å². The molecule has 2 heterocycles. The van der Waals surface area contributed by atoms with E-state index in [2.05, 4.69) is 35.2 Å². The molecule has 0 aliphatic carbocycles. The van der Waals surface area contributed by atoms with Crippen molar-refractivity contribution in [3.63, 3.8) is 0 Å². The summed E-state index contributed by atoms with van der Waals surface area (Å²) in [5, 5.41) is 10.8. The van der Waals surface area contributed by atoms with E-state index >= 15 is 0 Å². The predicted octanol–water partition coefficient (Wildman–Crippen LogP) is 2.61. The molecule has 1 aromatic rings. The van der Waals surface area contributed by atoms with Gasteiger partial charge in [-0.3, -0.25) is 4.90 Å². The zero-order valence-electron chi connectivity index (χ0n) is 11.0. The van der Waals surface area contributed by atoms with E-state index in [4.69, 9.17) is 0 Å². The van der Waals surface area contributed by atoms with E-state index in [0.717, 1.165) is 32.2 Å². The Morgan fingerprint density at radius 1 is 1.22 bits per heavy atom. The van der Waals surface area contributed by atoms with Gasteiger partial charge in [-0.2, -0.15) is 0 Å². The molecule has 2 heteroatoms. The van der Waals surface area contributed by atoms with Crippen molar-refractivity contribution in [2.45, 2.75) is 50.2 Å². The minimum atomic E-state index is -0.398. The third kappa shape index (κ3) is 2.32. The minimum Gasteiger partial charge on any atom is -0.388 e. The lowest BCUT2D eigenvalue weighted by Crippen LogP contribution is -2.41. The molecule has 1 N–H and O–H groups in total. The Hall–Kier alpha value is -0.860. The van der Waals surface area contributed by atoms with Crippen molar-refractivity contribution in [2.24, 2.45) is 0 Å². The van der Waals surface area contributed by atoms with Crippen molar-refractivity contribution in [2.75, 3.05) is 13.1 Å². The van der Waals surface area contributed by atoms with Crippen LogP contribution in [0.4, 0.5) is 0 Å². The van der Waals surface area contributed by atoms with Gasteiger partial charge >= 0.3 is 0 Å². The molecule has 0 saturated carbocycles. The Balaban J connectivity index is 1.54. The highest BCUT2D eigenvalue weighted by Gasteiger charge is 2.47. The molecule has 1 aromatic carbocycles. The van der Waals surface area contributed by atoms with Gasteiger partial charge in [0.1, 0.15) is 0 Å². The van der Waals surface area contributed by atoms with Crippen LogP contribution < -0.4 is 0 Å². The molecule has 0 bridgehead atoms. The van der Waals surface area contributed by atoms with Crippen LogP contribution in [0.5, 0.6) is 0 Å². The zero-order valence-corrected chi connectivity index (χ0v) is 11.0. The van der Waals surface area contributed by atoms with Crippen molar-refractivity contribution in [3.05, 3.63) is 35.9 Å². The van der Waals surface area contributed by atoms with Crippen LogP contribution in [0.25, 0.3) is 0 Å². The third-order valence-electron chi connectivity index (χ3n) is 4.73. The SMILES string of the molecule is OC1(CCCc2ccccc2)CCN2CCCC21. The maximum Gasteiger partial charge on any atom is 0.0814 e. The number of fused-ring (bicyclic) bond motifs is 1. The highest BCUT2D eigenvalue weighted by molar-refractivity contribution is 5.14. The van der Waals surface area contributed by atoms with Gasteiger partial charge < -0.3 is 5.11 Å². The average molecular weight is 245 g/mol. The van der Waals surface area contributed by atoms with Crippen molar-refractivity contribution in [3.8, 4) is 0 Å². The normalized spacial score (nSPS) is 31.7. The summed E-state index contributed by atoms with van der Waals surface area (Å²) in [5.74, 6) is 0. The van der Waals surface area contributed by atoms with Gasteiger partial charge in [-0.05, 0) is 50.6 Å². The lowest BCUT2D eigenvalue weighted by molar-refractivity contribution is 0.00424. The van der Waals surface area contributed by atoms with Crippen LogP contribution in [0.3, 0.4) is 0 Å². The first-order valence-corrected chi connectivity index (χ1v) is 7.28. The fraction of sp³-hybridized carbons (Fsp3) is 0.625. The van der Waals surface area contributed by atoms with Crippen molar-refractivity contribution >= 4 is 0 Å². The number of aliphatic hydroxyl groups is 1. The Morgan fingerprint density at radius 3 is 2.89 bits per heavy atom. The van der Waals surface area contributed by atoms with Crippen molar-refractivity contribution in [1.29, 1.82) is 0 Å². The summed E-state index contributed by atoms with van der Waals surface area (Å²) in [4.78, 5) is 2.49. The van der Waals surface area contributed by atoms with Crippen molar-refractivity contribution < 1.29 is 5.11 Å². The second-order valence-electron chi connectivity index (χ2n) is 5.89. The van der Waals surface area contributed by atoms with Crippen LogP contribution in [0.1, 0.15) is 37.7 Å². The quantitative estimate of drug-likeness (QED) is 0.881. The molecule has 0 spiro atoms. The molecule has 2 saturated heterocycles. The monoisotopic (exact) mass is 245 g/mol. The standard InChI is InChI=1S/C16H23NO/c18-16(11-13-17-12-5-9-15(16)17)10-4-8-14-6-2-1-3-7-14/h1-3,6-7,15,18H,4-5,8-13H2. The second-order valence-corrected chi connectivity index (χ2v) is 5.89. The summed E-state index contributed by atoms with van der Waals surface area (Å²) < 4.78 is 0. The van der Waals surface area contributed by atoms with Crippen LogP contribution in [0, 0.1) is 0 Å². The molecule has 2 aliphatic heterocycles. The first kappa shape index (κ1) is 12.2. The van der Waals surface area contributed by atoms with Gasteiger partial charge in [0.2, 0.25) is 0 Å². The van der Waals surface area contributed by atoms with Gasteiger partial charge in [-0.25, -0.2) is 0 Å². The molecule has 0 amide bonds. The first-order valence-electron chi connectivity index (χ1n) is 7.28. The summed E-state index contributed by atoms with van der Waals surface area (Å²) in [6, 6.07) is 11.1. The van der Waals surface area contributed by atoms with E-state index in [9.17, 15) is 5.11 Å². The molecule has 2 unspecified atom stereocenters. The lowest BCUT2D eigenvalue weighted by atomic mass is 9.87. The molecule has 2 atom stereocenters. The van der Waals surface area contributed by atoms with Gasteiger partial charge in [0, 0.05) is 12.6 Å². The third-order valence-corrected chi connectivity index (χ3v) is 4.73. The summed E-state index contributed by atoms with van der Waals surface area (Å²) in [5.41, 5.74) is 0.994. The average Bonchev–Trinajstić information content (AvgIpc) is 2.96. The van der Waals surface area contributed by atoms with Crippen molar-refractivity contribution in [1.82, 2.24) is 4.90 Å². The molecule has 2 nitrogen and oxygen atoms in total. The lowest BCUT2D eigenvalue weighted by Gasteiger charge is -2.30. The van der Waals surface area contributed by atoms with E-state index in [-0.39, 0.29) is 0 Å². The first-order chi connectivity index (χ1) is 8.78. The van der Waals surface area contributed by atoms with E-state index in [1.807, 2.05) is 0 Å². The summed E-state index contributed by atoms with van der Waals surface area (Å²) in [7, 11) is 0. The Labute approximate surface area is 110 Å². The van der Waals surface area contributed by atoms with Crippen LogP contribution in [-0.2, 0) is 6.42 Å². The van der Waals surface area contributed by atoms with E-state index < -0.39 is 5.60 Å². The van der Waals surface area contributed by atoms with Gasteiger partial charge in [0.05, 0.1) is 5.60 Å². The summed E-state index contributed by atoms with van der Waals surface area (Å²) in [6.45, 7) is 2.30. The Morgan fingerprint density at radius 2 is 2.06 bits per heavy atom. The summed E-state index contributed by atoms with van der Waals surface area (Å²) in [6.07, 6.45) is 6.60. The number of aryl methyl sites for hydroxylation is 1. The fourth-order valence-corrected chi connectivity index (χ4v) is 3.74. The van der Waals surface area contributed by atoms with Gasteiger partial charge in [-0.15, -0.1) is 0 Å². The number of hydrogen-bond acceptors (Lipinski definition) is 2. The highest BCUT2D eigenvalue weighted by Crippen LogP contribution is 2.38. The molecule has 0 radical (unpaired) electrons. The molecule has 2 aliphatic rings. The van der Waals surface area contributed by atoms with Gasteiger partial charge in [-0.1, -0.05) is 30.3 Å². The fourth-order valence-electron chi connectivity index (χ4n) is 3.74. The molecule has 0 aromatic heterocycles. The van der Waals surface area contributed by atoms with Crippen LogP contribution in [0.2, 0.25) is 0 Å². The number of rotatable bonds is 4. The van der Waals surface area contributed by atoms with Crippen LogP contribution in [-0.4, -0.2) is 34.7 Å². The number of benzene rings is 1. The zero-order chi connectivity index (χ0) is 12.4. The van der Waals surface area contributed by atoms with Crippen LogP contribution >= 0.6 is 0 Å². The van der Waals surface area contributed by atoms with E-state index in [1.165, 1.54) is 24.9 Å². The predicted molar refractivity (Wildman–Crippen MR) is 73.5 cm³/mol. The second kappa shape index (κ2) is 5.02. The Bertz CT molecular complexity index is 391. The maximum absolute atomic E-state index is 10.8. The van der Waals surface area contributed by atoms with E-state index in [0.29, 0.717) is 6.04 Å². The molecule has 2 fully saturated rings. The smallest absolute Gasteiger partial charge is 0.0814 e. The topological polar surface area (TPSA) is 23.5 Å². The maximum atomic E-state index is 10.8. The summed E-state index contributed by atoms with van der Waals surface area (Å²) >= 11 is 0. The Kier molecular flexibility index (Phi) is 3.40. The number of nitrogens with zero attached hydrogens (tertiary/aromatic N) is 1. The number of hydrogen-bond donors (Lipinski definition) is 1. The molecule has 98 valence electrons. The molecular weight excluding hydrogens is 222 g/mol. The van der Waals surface area contributed by atoms with Crippen LogP contribution in [0.15, 0.2) is 30.3 Å². The molecular formula is C16H23NO. The largest absolute Gasteiger partial charge is 0.388 e.